The lowest BCUT2D eigenvalue weighted by Gasteiger charge is -2.16. The number of methoxy groups -OCH3 is 1. The van der Waals surface area contributed by atoms with Crippen molar-refractivity contribution in [3.05, 3.63) is 58.3 Å². The Morgan fingerprint density at radius 2 is 1.96 bits per heavy atom. The molecule has 0 fully saturated rings. The number of hydrogen-bond donors (Lipinski definition) is 0. The van der Waals surface area contributed by atoms with Gasteiger partial charge in [-0.05, 0) is 36.8 Å². The molecular formula is C16H18FN3O3. The normalized spacial score (nSPS) is 10.6. The van der Waals surface area contributed by atoms with Crippen molar-refractivity contribution in [2.75, 3.05) is 27.3 Å². The summed E-state index contributed by atoms with van der Waals surface area (Å²) in [6.07, 6.45) is 0.705. The van der Waals surface area contributed by atoms with Gasteiger partial charge in [0, 0.05) is 33.4 Å². The number of aromatic nitrogens is 2. The third-order valence-corrected chi connectivity index (χ3v) is 3.28. The smallest absolute Gasteiger partial charge is 0.274 e. The van der Waals surface area contributed by atoms with Gasteiger partial charge in [0.1, 0.15) is 11.5 Å². The van der Waals surface area contributed by atoms with Gasteiger partial charge in [0.15, 0.2) is 0 Å². The highest BCUT2D eigenvalue weighted by Gasteiger charge is 2.15. The molecule has 1 amide bonds. The van der Waals surface area contributed by atoms with Crippen LogP contribution in [0.2, 0.25) is 0 Å². The largest absolute Gasteiger partial charge is 0.385 e. The second-order valence-corrected chi connectivity index (χ2v) is 5.02. The number of ether oxygens (including phenoxy) is 1. The summed E-state index contributed by atoms with van der Waals surface area (Å²) in [5, 5.41) is 4.08. The molecule has 23 heavy (non-hydrogen) atoms. The van der Waals surface area contributed by atoms with Crippen LogP contribution in [0.4, 0.5) is 4.39 Å². The Bertz CT molecular complexity index is 728. The van der Waals surface area contributed by atoms with Crippen molar-refractivity contribution >= 4 is 5.91 Å². The number of hydrogen-bond acceptors (Lipinski definition) is 4. The number of benzene rings is 1. The van der Waals surface area contributed by atoms with Crippen molar-refractivity contribution in [3.8, 4) is 5.69 Å². The minimum absolute atomic E-state index is 0.147. The van der Waals surface area contributed by atoms with Crippen molar-refractivity contribution in [1.29, 1.82) is 0 Å². The second-order valence-electron chi connectivity index (χ2n) is 5.02. The molecule has 0 atom stereocenters. The predicted octanol–water partition coefficient (Wildman–Crippen LogP) is 1.48. The summed E-state index contributed by atoms with van der Waals surface area (Å²) in [5.41, 5.74) is 0.150. The van der Waals surface area contributed by atoms with Gasteiger partial charge in [-0.25, -0.2) is 4.39 Å². The van der Waals surface area contributed by atoms with E-state index >= 15 is 0 Å². The molecule has 7 heteroatoms. The SMILES string of the molecule is COCCCN(C)C(=O)c1ccc(=O)n(-c2ccc(F)cc2)n1. The molecule has 0 saturated heterocycles. The number of nitrogens with zero attached hydrogens (tertiary/aromatic N) is 3. The van der Waals surface area contributed by atoms with E-state index in [1.807, 2.05) is 0 Å². The summed E-state index contributed by atoms with van der Waals surface area (Å²) in [6.45, 7) is 1.07. The lowest BCUT2D eigenvalue weighted by atomic mass is 10.3. The monoisotopic (exact) mass is 319 g/mol. The molecule has 0 spiro atoms. The average Bonchev–Trinajstić information content (AvgIpc) is 2.56. The maximum atomic E-state index is 13.0. The van der Waals surface area contributed by atoms with Gasteiger partial charge in [0.05, 0.1) is 5.69 Å². The number of rotatable bonds is 6. The van der Waals surface area contributed by atoms with E-state index in [1.54, 1.807) is 14.2 Å². The van der Waals surface area contributed by atoms with Crippen LogP contribution in [0.3, 0.4) is 0 Å². The van der Waals surface area contributed by atoms with Crippen molar-refractivity contribution in [1.82, 2.24) is 14.7 Å². The zero-order valence-corrected chi connectivity index (χ0v) is 13.0. The van der Waals surface area contributed by atoms with Crippen LogP contribution in [0.5, 0.6) is 0 Å². The van der Waals surface area contributed by atoms with Gasteiger partial charge in [-0.15, -0.1) is 0 Å². The summed E-state index contributed by atoms with van der Waals surface area (Å²) < 4.78 is 19.0. The molecule has 0 aliphatic rings. The van der Waals surface area contributed by atoms with E-state index in [9.17, 15) is 14.0 Å². The van der Waals surface area contributed by atoms with Crippen LogP contribution in [-0.4, -0.2) is 47.9 Å². The average molecular weight is 319 g/mol. The molecule has 0 bridgehead atoms. The Hall–Kier alpha value is -2.54. The lowest BCUT2D eigenvalue weighted by molar-refractivity contribution is 0.0771. The molecule has 1 aromatic carbocycles. The van der Waals surface area contributed by atoms with E-state index in [2.05, 4.69) is 5.10 Å². The quantitative estimate of drug-likeness (QED) is 0.757. The van der Waals surface area contributed by atoms with Gasteiger partial charge in [0.25, 0.3) is 11.5 Å². The molecule has 0 aliphatic heterocycles. The highest BCUT2D eigenvalue weighted by molar-refractivity contribution is 5.91. The second kappa shape index (κ2) is 7.64. The number of carbonyl (C=O) groups is 1. The van der Waals surface area contributed by atoms with Crippen molar-refractivity contribution in [2.24, 2.45) is 0 Å². The van der Waals surface area contributed by atoms with E-state index < -0.39 is 11.4 Å². The van der Waals surface area contributed by atoms with Gasteiger partial charge >= 0.3 is 0 Å². The van der Waals surface area contributed by atoms with E-state index in [-0.39, 0.29) is 11.6 Å². The minimum atomic E-state index is -0.410. The maximum absolute atomic E-state index is 13.0. The standard InChI is InChI=1S/C16H18FN3O3/c1-19(10-3-11-23-2)16(22)14-8-9-15(21)20(18-14)13-6-4-12(17)5-7-13/h4-9H,3,10-11H2,1-2H3. The Morgan fingerprint density at radius 3 is 2.61 bits per heavy atom. The van der Waals surface area contributed by atoms with Gasteiger partial charge in [0.2, 0.25) is 0 Å². The molecular weight excluding hydrogens is 301 g/mol. The van der Waals surface area contributed by atoms with Gasteiger partial charge in [-0.2, -0.15) is 9.78 Å². The van der Waals surface area contributed by atoms with Gasteiger partial charge < -0.3 is 9.64 Å². The highest BCUT2D eigenvalue weighted by atomic mass is 19.1. The lowest BCUT2D eigenvalue weighted by Crippen LogP contribution is -2.31. The minimum Gasteiger partial charge on any atom is -0.385 e. The van der Waals surface area contributed by atoms with E-state index in [0.29, 0.717) is 25.3 Å². The topological polar surface area (TPSA) is 64.4 Å². The first kappa shape index (κ1) is 16.8. The molecule has 2 aromatic rings. The summed E-state index contributed by atoms with van der Waals surface area (Å²) in [4.78, 5) is 25.8. The highest BCUT2D eigenvalue weighted by Crippen LogP contribution is 2.07. The van der Waals surface area contributed by atoms with E-state index in [4.69, 9.17) is 4.74 Å². The Labute approximate surface area is 133 Å². The summed E-state index contributed by atoms with van der Waals surface area (Å²) in [6, 6.07) is 7.98. The van der Waals surface area contributed by atoms with Gasteiger partial charge in [-0.1, -0.05) is 0 Å². The van der Waals surface area contributed by atoms with Gasteiger partial charge in [-0.3, -0.25) is 9.59 Å². The zero-order chi connectivity index (χ0) is 16.8. The number of amides is 1. The van der Waals surface area contributed by atoms with Crippen LogP contribution in [-0.2, 0) is 4.74 Å². The van der Waals surface area contributed by atoms with E-state index in [1.165, 1.54) is 41.3 Å². The number of halogens is 1. The molecule has 0 radical (unpaired) electrons. The summed E-state index contributed by atoms with van der Waals surface area (Å²) >= 11 is 0. The molecule has 2 rings (SSSR count). The molecule has 0 aliphatic carbocycles. The molecule has 122 valence electrons. The molecule has 0 unspecified atom stereocenters. The first-order valence-corrected chi connectivity index (χ1v) is 7.13. The predicted molar refractivity (Wildman–Crippen MR) is 83.2 cm³/mol. The maximum Gasteiger partial charge on any atom is 0.274 e. The first-order chi connectivity index (χ1) is 11.0. The Kier molecular flexibility index (Phi) is 5.59. The van der Waals surface area contributed by atoms with E-state index in [0.717, 1.165) is 4.68 Å². The molecule has 1 heterocycles. The van der Waals surface area contributed by atoms with Crippen LogP contribution in [0.15, 0.2) is 41.2 Å². The van der Waals surface area contributed by atoms with Crippen molar-refractivity contribution < 1.29 is 13.9 Å². The molecule has 6 nitrogen and oxygen atoms in total. The summed E-state index contributed by atoms with van der Waals surface area (Å²) in [7, 11) is 3.26. The zero-order valence-electron chi connectivity index (χ0n) is 13.0. The van der Waals surface area contributed by atoms with Crippen LogP contribution in [0.1, 0.15) is 16.9 Å². The third-order valence-electron chi connectivity index (χ3n) is 3.28. The summed E-state index contributed by atoms with van der Waals surface area (Å²) in [5.74, 6) is -0.705. The fourth-order valence-electron chi connectivity index (χ4n) is 2.04. The Morgan fingerprint density at radius 1 is 1.26 bits per heavy atom. The van der Waals surface area contributed by atoms with Crippen LogP contribution >= 0.6 is 0 Å². The molecule has 1 aromatic heterocycles. The first-order valence-electron chi connectivity index (χ1n) is 7.13. The fraction of sp³-hybridized carbons (Fsp3) is 0.312. The van der Waals surface area contributed by atoms with Crippen LogP contribution in [0, 0.1) is 5.82 Å². The Balaban J connectivity index is 2.24. The molecule has 0 saturated carbocycles. The number of carbonyl (C=O) groups excluding carboxylic acids is 1. The van der Waals surface area contributed by atoms with Crippen LogP contribution < -0.4 is 5.56 Å². The van der Waals surface area contributed by atoms with Crippen LogP contribution in [0.25, 0.3) is 5.69 Å². The van der Waals surface area contributed by atoms with Crippen molar-refractivity contribution in [2.45, 2.75) is 6.42 Å². The van der Waals surface area contributed by atoms with Crippen molar-refractivity contribution in [3.63, 3.8) is 0 Å². The fourth-order valence-corrected chi connectivity index (χ4v) is 2.04. The third kappa shape index (κ3) is 4.23. The molecule has 0 N–H and O–H groups in total.